The number of aliphatic hydroxyl groups is 1. The molecule has 0 saturated heterocycles. The van der Waals surface area contributed by atoms with E-state index in [1.165, 1.54) is 38.2 Å². The Kier molecular flexibility index (Phi) is 6.46. The van der Waals surface area contributed by atoms with Crippen LogP contribution in [0.3, 0.4) is 0 Å². The van der Waals surface area contributed by atoms with Crippen LogP contribution >= 0.6 is 0 Å². The highest BCUT2D eigenvalue weighted by Gasteiger charge is 2.21. The minimum absolute atomic E-state index is 0.109. The minimum Gasteiger partial charge on any atom is -0.488 e. The molecule has 3 atom stereocenters. The number of nitrogens with one attached hydrogen (secondary N) is 1. The summed E-state index contributed by atoms with van der Waals surface area (Å²) >= 11 is 0. The molecule has 4 heteroatoms. The maximum absolute atomic E-state index is 13.4. The Morgan fingerprint density at radius 3 is 2.95 bits per heavy atom. The second kappa shape index (κ2) is 8.35. The monoisotopic (exact) mass is 295 g/mol. The average Bonchev–Trinajstić information content (AvgIpc) is 2.52. The summed E-state index contributed by atoms with van der Waals surface area (Å²) in [4.78, 5) is 0. The van der Waals surface area contributed by atoms with Crippen LogP contribution in [0.15, 0.2) is 24.3 Å². The summed E-state index contributed by atoms with van der Waals surface area (Å²) in [6, 6.07) is 6.76. The van der Waals surface area contributed by atoms with Crippen molar-refractivity contribution in [2.45, 2.75) is 51.2 Å². The third-order valence-corrected chi connectivity index (χ3v) is 4.27. The van der Waals surface area contributed by atoms with Crippen molar-refractivity contribution in [3.63, 3.8) is 0 Å². The zero-order chi connectivity index (χ0) is 15.1. The van der Waals surface area contributed by atoms with Crippen molar-refractivity contribution in [3.05, 3.63) is 30.1 Å². The summed E-state index contributed by atoms with van der Waals surface area (Å²) in [5.74, 6) is 0.610. The van der Waals surface area contributed by atoms with E-state index in [9.17, 15) is 9.50 Å². The van der Waals surface area contributed by atoms with E-state index in [0.717, 1.165) is 5.92 Å². The van der Waals surface area contributed by atoms with Gasteiger partial charge in [-0.1, -0.05) is 38.3 Å². The Balaban J connectivity index is 1.68. The highest BCUT2D eigenvalue weighted by Crippen LogP contribution is 2.26. The molecule has 2 rings (SSSR count). The van der Waals surface area contributed by atoms with E-state index in [-0.39, 0.29) is 12.4 Å². The van der Waals surface area contributed by atoms with Crippen LogP contribution in [0.5, 0.6) is 5.75 Å². The quantitative estimate of drug-likeness (QED) is 0.812. The smallest absolute Gasteiger partial charge is 0.165 e. The molecule has 0 amide bonds. The highest BCUT2D eigenvalue weighted by atomic mass is 19.1. The maximum atomic E-state index is 13.4. The van der Waals surface area contributed by atoms with Gasteiger partial charge in [0.1, 0.15) is 12.7 Å². The van der Waals surface area contributed by atoms with Gasteiger partial charge in [0.05, 0.1) is 0 Å². The summed E-state index contributed by atoms with van der Waals surface area (Å²) in [6.45, 7) is 2.84. The molecule has 1 aromatic carbocycles. The van der Waals surface area contributed by atoms with Crippen LogP contribution in [0.1, 0.15) is 39.0 Å². The van der Waals surface area contributed by atoms with Crippen molar-refractivity contribution in [1.82, 2.24) is 5.32 Å². The Morgan fingerprint density at radius 2 is 2.19 bits per heavy atom. The molecule has 1 aromatic rings. The van der Waals surface area contributed by atoms with Crippen LogP contribution in [0, 0.1) is 11.7 Å². The Hall–Kier alpha value is -1.13. The maximum Gasteiger partial charge on any atom is 0.165 e. The lowest BCUT2D eigenvalue weighted by Crippen LogP contribution is -2.40. The first kappa shape index (κ1) is 16.2. The first-order valence-electron chi connectivity index (χ1n) is 7.97. The van der Waals surface area contributed by atoms with Crippen LogP contribution in [0.25, 0.3) is 0 Å². The van der Waals surface area contributed by atoms with Crippen LogP contribution in [0.2, 0.25) is 0 Å². The number of halogens is 1. The Morgan fingerprint density at radius 1 is 1.38 bits per heavy atom. The summed E-state index contributed by atoms with van der Waals surface area (Å²) in [6.07, 6.45) is 5.57. The van der Waals surface area contributed by atoms with E-state index in [0.29, 0.717) is 12.6 Å². The first-order chi connectivity index (χ1) is 10.2. The predicted molar refractivity (Wildman–Crippen MR) is 81.9 cm³/mol. The molecule has 0 radical (unpaired) electrons. The van der Waals surface area contributed by atoms with Gasteiger partial charge in [-0.15, -0.1) is 0 Å². The zero-order valence-electron chi connectivity index (χ0n) is 12.7. The van der Waals surface area contributed by atoms with Gasteiger partial charge in [-0.2, -0.15) is 0 Å². The number of para-hydroxylation sites is 1. The zero-order valence-corrected chi connectivity index (χ0v) is 12.7. The molecule has 3 nitrogen and oxygen atoms in total. The number of ether oxygens (including phenoxy) is 1. The molecular weight excluding hydrogens is 269 g/mol. The predicted octanol–water partition coefficient (Wildman–Crippen LogP) is 3.12. The summed E-state index contributed by atoms with van der Waals surface area (Å²) in [7, 11) is 0. The average molecular weight is 295 g/mol. The van der Waals surface area contributed by atoms with Crippen LogP contribution in [-0.2, 0) is 0 Å². The van der Waals surface area contributed by atoms with Crippen molar-refractivity contribution in [2.24, 2.45) is 5.92 Å². The Bertz CT molecular complexity index is 427. The standard InChI is InChI=1S/C17H26FNO2/c1-2-13-6-5-7-14(10-13)19-11-15(20)12-21-17-9-4-3-8-16(17)18/h3-4,8-9,13-15,19-20H,2,5-7,10-12H2,1H3. The molecule has 21 heavy (non-hydrogen) atoms. The molecule has 0 aliphatic heterocycles. The largest absolute Gasteiger partial charge is 0.488 e. The second-order valence-electron chi connectivity index (χ2n) is 5.94. The normalized spacial score (nSPS) is 23.8. The van der Waals surface area contributed by atoms with Gasteiger partial charge in [0.25, 0.3) is 0 Å². The number of aliphatic hydroxyl groups excluding tert-OH is 1. The summed E-state index contributed by atoms with van der Waals surface area (Å²) < 4.78 is 18.7. The van der Waals surface area contributed by atoms with E-state index < -0.39 is 11.9 Å². The molecule has 0 spiro atoms. The van der Waals surface area contributed by atoms with E-state index in [2.05, 4.69) is 12.2 Å². The van der Waals surface area contributed by atoms with E-state index in [4.69, 9.17) is 4.74 Å². The van der Waals surface area contributed by atoms with Crippen molar-refractivity contribution < 1.29 is 14.2 Å². The van der Waals surface area contributed by atoms with Gasteiger partial charge in [-0.05, 0) is 30.9 Å². The van der Waals surface area contributed by atoms with Crippen molar-refractivity contribution in [1.29, 1.82) is 0 Å². The van der Waals surface area contributed by atoms with Gasteiger partial charge >= 0.3 is 0 Å². The lowest BCUT2D eigenvalue weighted by molar-refractivity contribution is 0.0980. The molecule has 1 saturated carbocycles. The van der Waals surface area contributed by atoms with Gasteiger partial charge in [0, 0.05) is 12.6 Å². The fourth-order valence-electron chi connectivity index (χ4n) is 2.96. The summed E-state index contributed by atoms with van der Waals surface area (Å²) in [5, 5.41) is 13.4. The fraction of sp³-hybridized carbons (Fsp3) is 0.647. The molecular formula is C17H26FNO2. The van der Waals surface area contributed by atoms with Gasteiger partial charge in [0.2, 0.25) is 0 Å². The van der Waals surface area contributed by atoms with Crippen molar-refractivity contribution >= 4 is 0 Å². The number of benzene rings is 1. The van der Waals surface area contributed by atoms with E-state index in [1.54, 1.807) is 18.2 Å². The molecule has 1 fully saturated rings. The molecule has 3 unspecified atom stereocenters. The molecule has 1 aliphatic carbocycles. The number of hydrogen-bond donors (Lipinski definition) is 2. The topological polar surface area (TPSA) is 41.5 Å². The third kappa shape index (κ3) is 5.29. The second-order valence-corrected chi connectivity index (χ2v) is 5.94. The molecule has 0 aromatic heterocycles. The first-order valence-corrected chi connectivity index (χ1v) is 7.97. The van der Waals surface area contributed by atoms with Gasteiger partial charge in [0.15, 0.2) is 11.6 Å². The highest BCUT2D eigenvalue weighted by molar-refractivity contribution is 5.23. The molecule has 1 aliphatic rings. The van der Waals surface area contributed by atoms with Crippen molar-refractivity contribution in [3.8, 4) is 5.75 Å². The van der Waals surface area contributed by atoms with Gasteiger partial charge in [-0.25, -0.2) is 4.39 Å². The lowest BCUT2D eigenvalue weighted by Gasteiger charge is -2.29. The van der Waals surface area contributed by atoms with E-state index in [1.807, 2.05) is 0 Å². The SMILES string of the molecule is CCC1CCCC(NCC(O)COc2ccccc2F)C1. The fourth-order valence-corrected chi connectivity index (χ4v) is 2.96. The molecule has 0 bridgehead atoms. The van der Waals surface area contributed by atoms with E-state index >= 15 is 0 Å². The van der Waals surface area contributed by atoms with Crippen molar-refractivity contribution in [2.75, 3.05) is 13.2 Å². The number of rotatable bonds is 7. The van der Waals surface area contributed by atoms with Gasteiger partial charge < -0.3 is 15.2 Å². The molecule has 118 valence electrons. The lowest BCUT2D eigenvalue weighted by atomic mass is 9.84. The van der Waals surface area contributed by atoms with Crippen LogP contribution in [-0.4, -0.2) is 30.4 Å². The molecule has 2 N–H and O–H groups in total. The minimum atomic E-state index is -0.619. The number of hydrogen-bond acceptors (Lipinski definition) is 3. The molecule has 0 heterocycles. The third-order valence-electron chi connectivity index (χ3n) is 4.27. The van der Waals surface area contributed by atoms with Gasteiger partial charge in [-0.3, -0.25) is 0 Å². The van der Waals surface area contributed by atoms with Crippen LogP contribution < -0.4 is 10.1 Å². The summed E-state index contributed by atoms with van der Waals surface area (Å²) in [5.41, 5.74) is 0. The van der Waals surface area contributed by atoms with Crippen LogP contribution in [0.4, 0.5) is 4.39 Å². The Labute approximate surface area is 126 Å².